The smallest absolute Gasteiger partial charge is 0.407 e. The zero-order valence-electron chi connectivity index (χ0n) is 18.0. The third-order valence-electron chi connectivity index (χ3n) is 4.63. The fourth-order valence-electron chi connectivity index (χ4n) is 3.36. The van der Waals surface area contributed by atoms with Gasteiger partial charge in [0.05, 0.1) is 24.6 Å². The monoisotopic (exact) mass is 429 g/mol. The van der Waals surface area contributed by atoms with E-state index in [1.807, 2.05) is 32.9 Å². The van der Waals surface area contributed by atoms with Gasteiger partial charge >= 0.3 is 6.09 Å². The second kappa shape index (κ2) is 8.52. The van der Waals surface area contributed by atoms with Gasteiger partial charge < -0.3 is 24.8 Å². The van der Waals surface area contributed by atoms with Crippen molar-refractivity contribution in [1.82, 2.24) is 30.1 Å². The van der Waals surface area contributed by atoms with E-state index in [1.54, 1.807) is 24.0 Å². The van der Waals surface area contributed by atoms with Crippen LogP contribution >= 0.6 is 0 Å². The highest BCUT2D eigenvalue weighted by molar-refractivity contribution is 5.72. The fourth-order valence-corrected chi connectivity index (χ4v) is 3.36. The van der Waals surface area contributed by atoms with Gasteiger partial charge in [-0.25, -0.2) is 14.3 Å². The molecular formula is C20H27N7O4. The molecule has 1 fully saturated rings. The average molecular weight is 429 g/mol. The second-order valence-corrected chi connectivity index (χ2v) is 8.47. The summed E-state index contributed by atoms with van der Waals surface area (Å²) in [6, 6.07) is 3.77. The molecule has 0 saturated carbocycles. The summed E-state index contributed by atoms with van der Waals surface area (Å²) in [5.41, 5.74) is 2.07. The molecule has 1 amide bonds. The number of H-pyrrole nitrogens is 1. The maximum Gasteiger partial charge on any atom is 0.407 e. The zero-order chi connectivity index (χ0) is 22.0. The summed E-state index contributed by atoms with van der Waals surface area (Å²) in [5.74, 6) is 1.23. The van der Waals surface area contributed by atoms with Crippen molar-refractivity contribution in [3.8, 4) is 0 Å². The van der Waals surface area contributed by atoms with Crippen molar-refractivity contribution in [3.05, 3.63) is 35.9 Å². The first kappa shape index (κ1) is 21.1. The number of hydrogen-bond donors (Lipinski definition) is 3. The number of alkyl carbamates (subject to hydrolysis) is 1. The fraction of sp³-hybridized carbons (Fsp3) is 0.500. The molecule has 2 atom stereocenters. The SMILES string of the molecule is COCc1cc2c(Nc3cc(C4CC(OC(=O)NC(C)(C)C)CO4)[nH]n3)nccn2n1. The quantitative estimate of drug-likeness (QED) is 0.546. The first-order valence-electron chi connectivity index (χ1n) is 10.1. The molecule has 0 aliphatic carbocycles. The molecule has 4 heterocycles. The van der Waals surface area contributed by atoms with Crippen molar-refractivity contribution in [2.24, 2.45) is 0 Å². The van der Waals surface area contributed by atoms with Gasteiger partial charge in [0.25, 0.3) is 0 Å². The molecule has 31 heavy (non-hydrogen) atoms. The molecule has 0 aromatic carbocycles. The van der Waals surface area contributed by atoms with Gasteiger partial charge in [-0.2, -0.15) is 10.2 Å². The van der Waals surface area contributed by atoms with E-state index in [-0.39, 0.29) is 17.7 Å². The Hall–Kier alpha value is -3.18. The number of amides is 1. The van der Waals surface area contributed by atoms with Gasteiger partial charge in [0.1, 0.15) is 17.7 Å². The molecule has 1 aliphatic rings. The van der Waals surface area contributed by atoms with Crippen LogP contribution in [0.15, 0.2) is 24.5 Å². The van der Waals surface area contributed by atoms with E-state index in [0.29, 0.717) is 31.3 Å². The third kappa shape index (κ3) is 5.12. The van der Waals surface area contributed by atoms with Crippen LogP contribution in [0.4, 0.5) is 16.4 Å². The summed E-state index contributed by atoms with van der Waals surface area (Å²) in [4.78, 5) is 16.4. The summed E-state index contributed by atoms with van der Waals surface area (Å²) in [7, 11) is 1.63. The number of hydrogen-bond acceptors (Lipinski definition) is 8. The van der Waals surface area contributed by atoms with E-state index in [1.165, 1.54) is 0 Å². The molecule has 0 spiro atoms. The van der Waals surface area contributed by atoms with Crippen LogP contribution in [0.25, 0.3) is 5.52 Å². The van der Waals surface area contributed by atoms with Crippen LogP contribution in [0.5, 0.6) is 0 Å². The molecule has 3 aromatic heterocycles. The van der Waals surface area contributed by atoms with Crippen LogP contribution < -0.4 is 10.6 Å². The van der Waals surface area contributed by atoms with Gasteiger partial charge in [-0.05, 0) is 26.8 Å². The first-order valence-corrected chi connectivity index (χ1v) is 10.1. The van der Waals surface area contributed by atoms with Gasteiger partial charge in [-0.3, -0.25) is 5.10 Å². The molecule has 4 rings (SSSR count). The number of fused-ring (bicyclic) bond motifs is 1. The number of ether oxygens (including phenoxy) is 3. The van der Waals surface area contributed by atoms with Crippen molar-refractivity contribution in [2.75, 3.05) is 19.0 Å². The number of carbonyl (C=O) groups excluding carboxylic acids is 1. The van der Waals surface area contributed by atoms with E-state index in [4.69, 9.17) is 14.2 Å². The van der Waals surface area contributed by atoms with E-state index in [2.05, 4.69) is 30.9 Å². The average Bonchev–Trinajstić information content (AvgIpc) is 3.40. The van der Waals surface area contributed by atoms with Crippen molar-refractivity contribution in [3.63, 3.8) is 0 Å². The molecule has 3 N–H and O–H groups in total. The Kier molecular flexibility index (Phi) is 5.79. The highest BCUT2D eigenvalue weighted by atomic mass is 16.6. The van der Waals surface area contributed by atoms with E-state index in [9.17, 15) is 4.79 Å². The zero-order valence-corrected chi connectivity index (χ0v) is 18.0. The molecule has 3 aromatic rings. The minimum atomic E-state index is -0.443. The van der Waals surface area contributed by atoms with E-state index < -0.39 is 6.09 Å². The first-order chi connectivity index (χ1) is 14.8. The minimum absolute atomic E-state index is 0.234. The predicted octanol–water partition coefficient (Wildman–Crippen LogP) is 2.70. The lowest BCUT2D eigenvalue weighted by molar-refractivity contribution is 0.0661. The van der Waals surface area contributed by atoms with Gasteiger partial charge in [0.2, 0.25) is 0 Å². The van der Waals surface area contributed by atoms with Gasteiger partial charge in [0, 0.05) is 37.5 Å². The predicted molar refractivity (Wildman–Crippen MR) is 112 cm³/mol. The number of nitrogens with one attached hydrogen (secondary N) is 3. The summed E-state index contributed by atoms with van der Waals surface area (Å²) in [6.45, 7) is 6.46. The molecule has 0 radical (unpaired) electrons. The number of aromatic nitrogens is 5. The normalized spacial score (nSPS) is 19.0. The standard InChI is InChI=1S/C20H27N7O4/c1-20(2,3)23-19(28)31-13-8-16(30-11-13)14-9-17(25-24-14)22-18-15-7-12(10-29-4)26-27(15)6-5-21-18/h5-7,9,13,16H,8,10-11H2,1-4H3,(H,23,28)(H2,21,22,24,25). The maximum atomic E-state index is 12.0. The number of anilines is 2. The van der Waals surface area contributed by atoms with E-state index in [0.717, 1.165) is 16.9 Å². The lowest BCUT2D eigenvalue weighted by Crippen LogP contribution is -2.42. The van der Waals surface area contributed by atoms with Crippen LogP contribution in [0.2, 0.25) is 0 Å². The molecule has 1 aliphatic heterocycles. The summed E-state index contributed by atoms with van der Waals surface area (Å²) < 4.78 is 18.1. The van der Waals surface area contributed by atoms with Crippen LogP contribution in [0.3, 0.4) is 0 Å². The minimum Gasteiger partial charge on any atom is -0.444 e. The van der Waals surface area contributed by atoms with Crippen molar-refractivity contribution < 1.29 is 19.0 Å². The molecule has 11 heteroatoms. The Bertz CT molecular complexity index is 1060. The topological polar surface area (TPSA) is 128 Å². The molecular weight excluding hydrogens is 402 g/mol. The molecule has 0 bridgehead atoms. The third-order valence-corrected chi connectivity index (χ3v) is 4.63. The van der Waals surface area contributed by atoms with Crippen molar-refractivity contribution >= 4 is 23.2 Å². The number of nitrogens with zero attached hydrogens (tertiary/aromatic N) is 4. The Morgan fingerprint density at radius 3 is 3.00 bits per heavy atom. The van der Waals surface area contributed by atoms with Crippen molar-refractivity contribution in [2.45, 2.75) is 51.5 Å². The van der Waals surface area contributed by atoms with Crippen LogP contribution in [-0.4, -0.2) is 56.2 Å². The summed E-state index contributed by atoms with van der Waals surface area (Å²) >= 11 is 0. The van der Waals surface area contributed by atoms with Crippen LogP contribution in [-0.2, 0) is 20.8 Å². The molecule has 11 nitrogen and oxygen atoms in total. The second-order valence-electron chi connectivity index (χ2n) is 8.47. The Morgan fingerprint density at radius 1 is 1.39 bits per heavy atom. The molecule has 166 valence electrons. The summed E-state index contributed by atoms with van der Waals surface area (Å²) in [5, 5.41) is 17.7. The Labute approximate surface area is 179 Å². The summed E-state index contributed by atoms with van der Waals surface area (Å²) in [6.07, 6.45) is 3.00. The molecule has 1 saturated heterocycles. The number of rotatable bonds is 6. The number of methoxy groups -OCH3 is 1. The molecule has 2 unspecified atom stereocenters. The highest BCUT2D eigenvalue weighted by Gasteiger charge is 2.31. The Balaban J connectivity index is 1.39. The van der Waals surface area contributed by atoms with Gasteiger partial charge in [-0.15, -0.1) is 0 Å². The largest absolute Gasteiger partial charge is 0.444 e. The lowest BCUT2D eigenvalue weighted by Gasteiger charge is -2.21. The highest BCUT2D eigenvalue weighted by Crippen LogP contribution is 2.31. The number of aromatic amines is 1. The number of carbonyl (C=O) groups is 1. The Morgan fingerprint density at radius 2 is 2.23 bits per heavy atom. The van der Waals surface area contributed by atoms with Crippen molar-refractivity contribution in [1.29, 1.82) is 0 Å². The van der Waals surface area contributed by atoms with Gasteiger partial charge in [-0.1, -0.05) is 0 Å². The van der Waals surface area contributed by atoms with Crippen LogP contribution in [0.1, 0.15) is 44.7 Å². The van der Waals surface area contributed by atoms with Gasteiger partial charge in [0.15, 0.2) is 11.6 Å². The van der Waals surface area contributed by atoms with E-state index >= 15 is 0 Å². The maximum absolute atomic E-state index is 12.0. The van der Waals surface area contributed by atoms with Crippen LogP contribution in [0, 0.1) is 0 Å². The lowest BCUT2D eigenvalue weighted by atomic mass is 10.1.